The van der Waals surface area contributed by atoms with E-state index in [0.717, 1.165) is 0 Å². The van der Waals surface area contributed by atoms with Crippen molar-refractivity contribution < 1.29 is 24.0 Å². The Morgan fingerprint density at radius 2 is 1.17 bits per heavy atom. The monoisotopic (exact) mass is 482 g/mol. The molecule has 0 atom stereocenters. The van der Waals surface area contributed by atoms with Crippen LogP contribution >= 0.6 is 0 Å². The summed E-state index contributed by atoms with van der Waals surface area (Å²) in [6.45, 7) is 0. The summed E-state index contributed by atoms with van der Waals surface area (Å²) in [6, 6.07) is 23.2. The first kappa shape index (κ1) is 22.4. The number of nitrogens with two attached hydrogens (primary N) is 1. The van der Waals surface area contributed by atoms with E-state index in [1.807, 2.05) is 12.1 Å². The van der Waals surface area contributed by atoms with E-state index in [-0.39, 0.29) is 17.2 Å². The predicted octanol–water partition coefficient (Wildman–Crippen LogP) is 5.58. The first-order valence-electron chi connectivity index (χ1n) is 10.7. The van der Waals surface area contributed by atoms with Crippen molar-refractivity contribution in [2.45, 2.75) is 0 Å². The summed E-state index contributed by atoms with van der Waals surface area (Å²) in [7, 11) is 0. The molecule has 10 heteroatoms. The molecule has 4 N–H and O–H groups in total. The minimum absolute atomic E-state index is 0.144. The van der Waals surface area contributed by atoms with Gasteiger partial charge in [0.15, 0.2) is 11.5 Å². The van der Waals surface area contributed by atoms with Gasteiger partial charge in [0.25, 0.3) is 17.5 Å². The number of non-ortho nitro benzene ring substituents is 1. The van der Waals surface area contributed by atoms with Crippen LogP contribution in [-0.4, -0.2) is 16.7 Å². The van der Waals surface area contributed by atoms with Crippen LogP contribution in [0, 0.1) is 10.1 Å². The van der Waals surface area contributed by atoms with Crippen molar-refractivity contribution in [3.8, 4) is 23.0 Å². The lowest BCUT2D eigenvalue weighted by atomic mass is 10.1. The van der Waals surface area contributed by atoms with Crippen molar-refractivity contribution in [2.75, 3.05) is 16.4 Å². The summed E-state index contributed by atoms with van der Waals surface area (Å²) < 4.78 is 11.3. The zero-order valence-corrected chi connectivity index (χ0v) is 18.6. The Balaban J connectivity index is 0.000000149. The molecule has 4 aromatic carbocycles. The van der Waals surface area contributed by atoms with E-state index >= 15 is 0 Å². The highest BCUT2D eigenvalue weighted by molar-refractivity contribution is 6.09. The highest BCUT2D eigenvalue weighted by atomic mass is 16.6. The van der Waals surface area contributed by atoms with Crippen LogP contribution in [0.2, 0.25) is 0 Å². The number of ether oxygens (including phenoxy) is 2. The maximum Gasteiger partial charge on any atom is 0.270 e. The Hall–Kier alpha value is -5.38. The number of carbonyl (C=O) groups excluding carboxylic acids is 2. The van der Waals surface area contributed by atoms with Gasteiger partial charge < -0.3 is 25.8 Å². The lowest BCUT2D eigenvalue weighted by Gasteiger charge is -2.06. The Labute approximate surface area is 204 Å². The number of amides is 2. The van der Waals surface area contributed by atoms with E-state index in [9.17, 15) is 19.7 Å². The molecule has 2 aliphatic heterocycles. The van der Waals surface area contributed by atoms with E-state index in [4.69, 9.17) is 15.2 Å². The van der Waals surface area contributed by atoms with Gasteiger partial charge in [-0.1, -0.05) is 24.3 Å². The number of hydrogen-bond acceptors (Lipinski definition) is 7. The molecule has 4 aromatic rings. The molecule has 0 spiro atoms. The highest BCUT2D eigenvalue weighted by Gasteiger charge is 2.23. The number of nitro benzene ring substituents is 1. The van der Waals surface area contributed by atoms with Crippen molar-refractivity contribution in [3.63, 3.8) is 0 Å². The first-order chi connectivity index (χ1) is 17.4. The van der Waals surface area contributed by atoms with Crippen LogP contribution in [0.5, 0.6) is 23.0 Å². The molecule has 2 amide bonds. The third-order valence-electron chi connectivity index (χ3n) is 5.38. The SMILES string of the molecule is Nc1ccc2c(c1)C(=O)Nc1ccccc1O2.O=C1Nc2ccccc2Oc2ccc([N+](=O)[O-])cc21. The molecular formula is C26H18N4O6. The van der Waals surface area contributed by atoms with E-state index in [1.165, 1.54) is 18.2 Å². The van der Waals surface area contributed by atoms with Gasteiger partial charge in [0, 0.05) is 17.8 Å². The molecule has 0 saturated heterocycles. The molecule has 0 bridgehead atoms. The van der Waals surface area contributed by atoms with E-state index in [0.29, 0.717) is 45.6 Å². The van der Waals surface area contributed by atoms with E-state index in [2.05, 4.69) is 10.6 Å². The second-order valence-corrected chi connectivity index (χ2v) is 7.80. The molecule has 36 heavy (non-hydrogen) atoms. The Morgan fingerprint density at radius 1 is 0.667 bits per heavy atom. The topological polar surface area (TPSA) is 146 Å². The molecule has 2 aliphatic rings. The van der Waals surface area contributed by atoms with Crippen LogP contribution < -0.4 is 25.8 Å². The lowest BCUT2D eigenvalue weighted by Crippen LogP contribution is -2.10. The summed E-state index contributed by atoms with van der Waals surface area (Å²) in [5.41, 5.74) is 7.83. The molecule has 0 unspecified atom stereocenters. The number of fused-ring (bicyclic) bond motifs is 4. The number of benzene rings is 4. The van der Waals surface area contributed by atoms with Crippen molar-refractivity contribution in [1.82, 2.24) is 0 Å². The summed E-state index contributed by atoms with van der Waals surface area (Å²) >= 11 is 0. The zero-order valence-electron chi connectivity index (χ0n) is 18.6. The molecular weight excluding hydrogens is 464 g/mol. The van der Waals surface area contributed by atoms with Gasteiger partial charge in [-0.15, -0.1) is 0 Å². The number of nitrogens with zero attached hydrogens (tertiary/aromatic N) is 1. The summed E-state index contributed by atoms with van der Waals surface area (Å²) in [5, 5.41) is 16.2. The van der Waals surface area contributed by atoms with Crippen LogP contribution in [0.4, 0.5) is 22.7 Å². The van der Waals surface area contributed by atoms with Gasteiger partial charge in [-0.3, -0.25) is 19.7 Å². The van der Waals surface area contributed by atoms with E-state index in [1.54, 1.807) is 54.6 Å². The predicted molar refractivity (Wildman–Crippen MR) is 133 cm³/mol. The first-order valence-corrected chi connectivity index (χ1v) is 10.7. The molecule has 10 nitrogen and oxygen atoms in total. The molecule has 0 saturated carbocycles. The number of nitro groups is 1. The van der Waals surface area contributed by atoms with Crippen molar-refractivity contribution in [3.05, 3.63) is 106 Å². The lowest BCUT2D eigenvalue weighted by molar-refractivity contribution is -0.384. The number of nitrogen functional groups attached to an aromatic ring is 1. The number of hydrogen-bond donors (Lipinski definition) is 3. The summed E-state index contributed by atoms with van der Waals surface area (Å²) in [6.07, 6.45) is 0. The van der Waals surface area contributed by atoms with Crippen LogP contribution in [-0.2, 0) is 0 Å². The van der Waals surface area contributed by atoms with Crippen molar-refractivity contribution >= 4 is 34.6 Å². The Morgan fingerprint density at radius 3 is 1.72 bits per heavy atom. The van der Waals surface area contributed by atoms with Crippen LogP contribution in [0.1, 0.15) is 20.7 Å². The molecule has 178 valence electrons. The standard InChI is InChI=1S/C13H8N2O4.C13H10N2O2/c16-13-9-7-8(15(17)18)5-6-11(9)19-12-4-2-1-3-10(12)14-13;14-8-5-6-11-9(7-8)13(16)15-10-3-1-2-4-12(10)17-11/h1-7H,(H,14,16);1-7H,14H2,(H,15,16). The molecule has 0 radical (unpaired) electrons. The Bertz CT molecular complexity index is 1530. The molecule has 6 rings (SSSR count). The fraction of sp³-hybridized carbons (Fsp3) is 0. The molecule has 2 heterocycles. The van der Waals surface area contributed by atoms with Crippen LogP contribution in [0.3, 0.4) is 0 Å². The maximum absolute atomic E-state index is 12.0. The average molecular weight is 482 g/mol. The fourth-order valence-corrected chi connectivity index (χ4v) is 3.65. The van der Waals surface area contributed by atoms with Crippen molar-refractivity contribution in [1.29, 1.82) is 0 Å². The highest BCUT2D eigenvalue weighted by Crippen LogP contribution is 2.37. The minimum atomic E-state index is -0.550. The van der Waals surface area contributed by atoms with Gasteiger partial charge >= 0.3 is 0 Å². The molecule has 0 fully saturated rings. The fourth-order valence-electron chi connectivity index (χ4n) is 3.65. The largest absolute Gasteiger partial charge is 0.454 e. The van der Waals surface area contributed by atoms with Gasteiger partial charge in [-0.2, -0.15) is 0 Å². The quantitative estimate of drug-likeness (QED) is 0.182. The second kappa shape index (κ2) is 9.11. The number of rotatable bonds is 1. The summed E-state index contributed by atoms with van der Waals surface area (Å²) in [4.78, 5) is 34.2. The smallest absolute Gasteiger partial charge is 0.270 e. The molecule has 0 aliphatic carbocycles. The van der Waals surface area contributed by atoms with Crippen LogP contribution in [0.25, 0.3) is 0 Å². The third kappa shape index (κ3) is 4.38. The maximum atomic E-state index is 12.0. The van der Waals surface area contributed by atoms with Crippen molar-refractivity contribution in [2.24, 2.45) is 0 Å². The van der Waals surface area contributed by atoms with Gasteiger partial charge in [0.2, 0.25) is 0 Å². The third-order valence-corrected chi connectivity index (χ3v) is 5.38. The number of anilines is 3. The number of para-hydroxylation sites is 4. The summed E-state index contributed by atoms with van der Waals surface area (Å²) in [5.74, 6) is 1.31. The Kier molecular flexibility index (Phi) is 5.67. The van der Waals surface area contributed by atoms with Crippen LogP contribution in [0.15, 0.2) is 84.9 Å². The average Bonchev–Trinajstić information content (AvgIpc) is 3.10. The number of carbonyl (C=O) groups is 2. The van der Waals surface area contributed by atoms with Gasteiger partial charge in [0.05, 0.1) is 27.4 Å². The van der Waals surface area contributed by atoms with E-state index < -0.39 is 10.8 Å². The second-order valence-electron chi connectivity index (χ2n) is 7.80. The minimum Gasteiger partial charge on any atom is -0.454 e. The van der Waals surface area contributed by atoms with Gasteiger partial charge in [-0.05, 0) is 48.5 Å². The van der Waals surface area contributed by atoms with Gasteiger partial charge in [-0.25, -0.2) is 0 Å². The van der Waals surface area contributed by atoms with Gasteiger partial charge in [0.1, 0.15) is 11.5 Å². The zero-order chi connectivity index (χ0) is 25.2. The molecule has 0 aromatic heterocycles. The number of nitrogens with one attached hydrogen (secondary N) is 2. The normalized spacial score (nSPS) is 12.7.